The van der Waals surface area contributed by atoms with Crippen LogP contribution in [0, 0.1) is 0 Å². The number of amides is 1. The van der Waals surface area contributed by atoms with E-state index >= 15 is 0 Å². The zero-order valence-corrected chi connectivity index (χ0v) is 12.7. The minimum Gasteiger partial charge on any atom is -0.352 e. The number of rotatable bonds is 6. The van der Waals surface area contributed by atoms with Crippen LogP contribution >= 0.6 is 11.6 Å². The van der Waals surface area contributed by atoms with Gasteiger partial charge in [0, 0.05) is 18.0 Å². The van der Waals surface area contributed by atoms with Crippen LogP contribution in [0.2, 0.25) is 0 Å². The van der Waals surface area contributed by atoms with Crippen LogP contribution in [0.25, 0.3) is 0 Å². The molecule has 1 fully saturated rings. The van der Waals surface area contributed by atoms with Gasteiger partial charge in [0.2, 0.25) is 0 Å². The summed E-state index contributed by atoms with van der Waals surface area (Å²) >= 11 is 5.78. The Morgan fingerprint density at radius 2 is 2.05 bits per heavy atom. The Labute approximate surface area is 126 Å². The fraction of sp³-hybridized carbons (Fsp3) is 0.562. The highest BCUT2D eigenvalue weighted by Crippen LogP contribution is 2.09. The summed E-state index contributed by atoms with van der Waals surface area (Å²) in [5, 5.41) is 2.98. The monoisotopic (exact) mass is 294 g/mol. The molecule has 1 amide bonds. The number of carbonyl (C=O) groups excluding carboxylic acids is 1. The Morgan fingerprint density at radius 3 is 2.80 bits per heavy atom. The number of hydrogen-bond donors (Lipinski definition) is 1. The van der Waals surface area contributed by atoms with Gasteiger partial charge in [-0.2, -0.15) is 0 Å². The first-order valence-electron chi connectivity index (χ1n) is 7.45. The molecule has 1 saturated heterocycles. The Hall–Kier alpha value is -1.06. The third-order valence-electron chi connectivity index (χ3n) is 3.73. The maximum absolute atomic E-state index is 12.0. The molecule has 1 heterocycles. The van der Waals surface area contributed by atoms with Gasteiger partial charge < -0.3 is 10.2 Å². The first-order chi connectivity index (χ1) is 9.79. The molecule has 1 aromatic carbocycles. The molecule has 1 N–H and O–H groups in total. The Kier molecular flexibility index (Phi) is 6.34. The summed E-state index contributed by atoms with van der Waals surface area (Å²) in [6.07, 6.45) is 5.01. The zero-order valence-electron chi connectivity index (χ0n) is 11.9. The molecule has 0 unspecified atom stereocenters. The summed E-state index contributed by atoms with van der Waals surface area (Å²) in [5.74, 6) is 0.436. The van der Waals surface area contributed by atoms with E-state index in [0.29, 0.717) is 11.4 Å². The normalized spacial score (nSPS) is 16.1. The number of halogens is 1. The van der Waals surface area contributed by atoms with Crippen LogP contribution in [0.5, 0.6) is 0 Å². The molecule has 0 aromatic heterocycles. The van der Waals surface area contributed by atoms with Gasteiger partial charge in [-0.1, -0.05) is 18.6 Å². The SMILES string of the molecule is O=C(NCCCN1CCCCC1)c1cccc(CCl)c1. The summed E-state index contributed by atoms with van der Waals surface area (Å²) in [6, 6.07) is 7.49. The van der Waals surface area contributed by atoms with Crippen molar-refractivity contribution in [3.63, 3.8) is 0 Å². The largest absolute Gasteiger partial charge is 0.352 e. The quantitative estimate of drug-likeness (QED) is 0.646. The van der Waals surface area contributed by atoms with Crippen molar-refractivity contribution in [2.45, 2.75) is 31.6 Å². The van der Waals surface area contributed by atoms with Crippen molar-refractivity contribution in [1.82, 2.24) is 10.2 Å². The van der Waals surface area contributed by atoms with E-state index in [9.17, 15) is 4.79 Å². The lowest BCUT2D eigenvalue weighted by atomic mass is 10.1. The molecule has 20 heavy (non-hydrogen) atoms. The first-order valence-corrected chi connectivity index (χ1v) is 7.98. The molecule has 0 saturated carbocycles. The molecule has 1 aromatic rings. The van der Waals surface area contributed by atoms with E-state index < -0.39 is 0 Å². The Bertz CT molecular complexity index is 430. The highest BCUT2D eigenvalue weighted by Gasteiger charge is 2.10. The molecular weight excluding hydrogens is 272 g/mol. The maximum Gasteiger partial charge on any atom is 0.251 e. The van der Waals surface area contributed by atoms with Crippen molar-refractivity contribution in [2.24, 2.45) is 0 Å². The molecule has 4 heteroatoms. The number of carbonyl (C=O) groups is 1. The predicted octanol–water partition coefficient (Wildman–Crippen LogP) is 3.03. The van der Waals surface area contributed by atoms with Crippen molar-refractivity contribution >= 4 is 17.5 Å². The molecule has 110 valence electrons. The number of likely N-dealkylation sites (tertiary alicyclic amines) is 1. The summed E-state index contributed by atoms with van der Waals surface area (Å²) in [7, 11) is 0. The molecule has 0 spiro atoms. The lowest BCUT2D eigenvalue weighted by molar-refractivity contribution is 0.0951. The van der Waals surface area contributed by atoms with E-state index in [1.807, 2.05) is 24.3 Å². The second-order valence-electron chi connectivity index (χ2n) is 5.35. The summed E-state index contributed by atoms with van der Waals surface area (Å²) < 4.78 is 0. The van der Waals surface area contributed by atoms with Crippen LogP contribution in [0.3, 0.4) is 0 Å². The first kappa shape index (κ1) is 15.3. The highest BCUT2D eigenvalue weighted by atomic mass is 35.5. The van der Waals surface area contributed by atoms with Gasteiger partial charge in [-0.25, -0.2) is 0 Å². The van der Waals surface area contributed by atoms with Gasteiger partial charge in [0.1, 0.15) is 0 Å². The predicted molar refractivity (Wildman–Crippen MR) is 83.2 cm³/mol. The lowest BCUT2D eigenvalue weighted by Gasteiger charge is -2.26. The van der Waals surface area contributed by atoms with E-state index in [2.05, 4.69) is 10.2 Å². The second-order valence-corrected chi connectivity index (χ2v) is 5.61. The Balaban J connectivity index is 1.69. The third-order valence-corrected chi connectivity index (χ3v) is 4.04. The second kappa shape index (κ2) is 8.28. The van der Waals surface area contributed by atoms with Crippen LogP contribution in [0.1, 0.15) is 41.6 Å². The number of alkyl halides is 1. The average Bonchev–Trinajstić information content (AvgIpc) is 2.52. The van der Waals surface area contributed by atoms with Crippen LogP contribution < -0.4 is 5.32 Å². The van der Waals surface area contributed by atoms with E-state index in [4.69, 9.17) is 11.6 Å². The summed E-state index contributed by atoms with van der Waals surface area (Å²) in [4.78, 5) is 14.5. The molecule has 2 rings (SSSR count). The minimum atomic E-state index is -0.00406. The molecule has 1 aliphatic rings. The topological polar surface area (TPSA) is 32.3 Å². The Morgan fingerprint density at radius 1 is 1.25 bits per heavy atom. The van der Waals surface area contributed by atoms with Crippen LogP contribution in [-0.2, 0) is 5.88 Å². The van der Waals surface area contributed by atoms with Gasteiger partial charge in [0.25, 0.3) is 5.91 Å². The van der Waals surface area contributed by atoms with E-state index in [1.54, 1.807) is 0 Å². The molecule has 0 bridgehead atoms. The van der Waals surface area contributed by atoms with Crippen molar-refractivity contribution in [3.05, 3.63) is 35.4 Å². The number of benzene rings is 1. The highest BCUT2D eigenvalue weighted by molar-refractivity contribution is 6.17. The van der Waals surface area contributed by atoms with Gasteiger partial charge in [-0.15, -0.1) is 11.6 Å². The van der Waals surface area contributed by atoms with Crippen LogP contribution in [0.4, 0.5) is 0 Å². The van der Waals surface area contributed by atoms with Gasteiger partial charge in [-0.3, -0.25) is 4.79 Å². The fourth-order valence-corrected chi connectivity index (χ4v) is 2.75. The van der Waals surface area contributed by atoms with Crippen molar-refractivity contribution in [1.29, 1.82) is 0 Å². The third kappa shape index (κ3) is 4.80. The van der Waals surface area contributed by atoms with Gasteiger partial charge in [-0.05, 0) is 56.6 Å². The lowest BCUT2D eigenvalue weighted by Crippen LogP contribution is -2.33. The molecule has 0 radical (unpaired) electrons. The number of piperidine rings is 1. The molecular formula is C16H23ClN2O. The van der Waals surface area contributed by atoms with Gasteiger partial charge in [0.15, 0.2) is 0 Å². The summed E-state index contributed by atoms with van der Waals surface area (Å²) in [6.45, 7) is 4.25. The molecule has 0 atom stereocenters. The van der Waals surface area contributed by atoms with Crippen LogP contribution in [-0.4, -0.2) is 37.0 Å². The minimum absolute atomic E-state index is 0.00406. The number of nitrogens with one attached hydrogen (secondary N) is 1. The molecule has 1 aliphatic heterocycles. The van der Waals surface area contributed by atoms with Gasteiger partial charge in [0.05, 0.1) is 0 Å². The molecule has 0 aliphatic carbocycles. The van der Waals surface area contributed by atoms with E-state index in [1.165, 1.54) is 32.4 Å². The number of hydrogen-bond acceptors (Lipinski definition) is 2. The fourth-order valence-electron chi connectivity index (χ4n) is 2.59. The number of nitrogens with zero attached hydrogens (tertiary/aromatic N) is 1. The smallest absolute Gasteiger partial charge is 0.251 e. The maximum atomic E-state index is 12.0. The zero-order chi connectivity index (χ0) is 14.2. The summed E-state index contributed by atoms with van der Waals surface area (Å²) in [5.41, 5.74) is 1.67. The average molecular weight is 295 g/mol. The van der Waals surface area contributed by atoms with Crippen molar-refractivity contribution < 1.29 is 4.79 Å². The molecule has 3 nitrogen and oxygen atoms in total. The van der Waals surface area contributed by atoms with Crippen molar-refractivity contribution in [2.75, 3.05) is 26.2 Å². The standard InChI is InChI=1S/C16H23ClN2O/c17-13-14-6-4-7-15(12-14)16(20)18-8-5-11-19-9-2-1-3-10-19/h4,6-7,12H,1-3,5,8-11,13H2,(H,18,20). The van der Waals surface area contributed by atoms with E-state index in [0.717, 1.165) is 25.1 Å². The van der Waals surface area contributed by atoms with E-state index in [-0.39, 0.29) is 5.91 Å². The van der Waals surface area contributed by atoms with Gasteiger partial charge >= 0.3 is 0 Å². The van der Waals surface area contributed by atoms with Crippen molar-refractivity contribution in [3.8, 4) is 0 Å². The van der Waals surface area contributed by atoms with Crippen LogP contribution in [0.15, 0.2) is 24.3 Å².